The number of para-hydroxylation sites is 2. The van der Waals surface area contributed by atoms with Gasteiger partial charge < -0.3 is 15.4 Å². The lowest BCUT2D eigenvalue weighted by Crippen LogP contribution is -2.41. The number of thiazole rings is 1. The molecular weight excluding hydrogens is 370 g/mol. The Balaban J connectivity index is 1.60. The SMILES string of the molecule is CC(NC(=O)c1cccs1)C(=O)Nc1ccccc1OCc1cscn1. The summed E-state index contributed by atoms with van der Waals surface area (Å²) in [5.74, 6) is -0.0408. The van der Waals surface area contributed by atoms with E-state index in [1.165, 1.54) is 22.7 Å². The van der Waals surface area contributed by atoms with Crippen LogP contribution in [0.3, 0.4) is 0 Å². The quantitative estimate of drug-likeness (QED) is 0.650. The lowest BCUT2D eigenvalue weighted by atomic mass is 10.2. The van der Waals surface area contributed by atoms with E-state index < -0.39 is 6.04 Å². The fourth-order valence-electron chi connectivity index (χ4n) is 2.14. The van der Waals surface area contributed by atoms with Gasteiger partial charge in [0.25, 0.3) is 5.91 Å². The molecule has 0 aliphatic rings. The fourth-order valence-corrected chi connectivity index (χ4v) is 3.31. The number of hydrogen-bond donors (Lipinski definition) is 2. The molecule has 0 spiro atoms. The zero-order valence-electron chi connectivity index (χ0n) is 14.0. The molecule has 1 atom stereocenters. The molecule has 2 aromatic heterocycles. The second-order valence-electron chi connectivity index (χ2n) is 5.43. The summed E-state index contributed by atoms with van der Waals surface area (Å²) in [5.41, 5.74) is 3.11. The first kappa shape index (κ1) is 18.1. The molecule has 0 aliphatic heterocycles. The molecule has 0 saturated heterocycles. The van der Waals surface area contributed by atoms with Gasteiger partial charge in [0.2, 0.25) is 5.91 Å². The van der Waals surface area contributed by atoms with Crippen LogP contribution in [0.1, 0.15) is 22.3 Å². The van der Waals surface area contributed by atoms with Gasteiger partial charge in [0.1, 0.15) is 18.4 Å². The summed E-state index contributed by atoms with van der Waals surface area (Å²) in [5, 5.41) is 9.21. The first-order chi connectivity index (χ1) is 12.6. The minimum absolute atomic E-state index is 0.268. The van der Waals surface area contributed by atoms with Crippen molar-refractivity contribution in [3.05, 3.63) is 63.2 Å². The number of carbonyl (C=O) groups excluding carboxylic acids is 2. The van der Waals surface area contributed by atoms with Crippen LogP contribution >= 0.6 is 22.7 Å². The predicted octanol–water partition coefficient (Wildman–Crippen LogP) is 3.54. The smallest absolute Gasteiger partial charge is 0.261 e. The van der Waals surface area contributed by atoms with E-state index in [1.54, 1.807) is 42.8 Å². The largest absolute Gasteiger partial charge is 0.485 e. The van der Waals surface area contributed by atoms with Crippen molar-refractivity contribution in [3.63, 3.8) is 0 Å². The van der Waals surface area contributed by atoms with Crippen LogP contribution in [0.5, 0.6) is 5.75 Å². The van der Waals surface area contributed by atoms with E-state index in [2.05, 4.69) is 15.6 Å². The highest BCUT2D eigenvalue weighted by atomic mass is 32.1. The number of carbonyl (C=O) groups is 2. The van der Waals surface area contributed by atoms with Gasteiger partial charge in [-0.1, -0.05) is 18.2 Å². The molecule has 0 fully saturated rings. The van der Waals surface area contributed by atoms with Gasteiger partial charge in [-0.15, -0.1) is 22.7 Å². The van der Waals surface area contributed by atoms with Crippen LogP contribution in [0, 0.1) is 0 Å². The number of aromatic nitrogens is 1. The van der Waals surface area contributed by atoms with Gasteiger partial charge >= 0.3 is 0 Å². The summed E-state index contributed by atoms with van der Waals surface area (Å²) in [6, 6.07) is 9.98. The number of nitrogens with zero attached hydrogens (tertiary/aromatic N) is 1. The van der Waals surface area contributed by atoms with Crippen LogP contribution in [0.25, 0.3) is 0 Å². The third-order valence-electron chi connectivity index (χ3n) is 3.49. The van der Waals surface area contributed by atoms with Crippen molar-refractivity contribution in [1.82, 2.24) is 10.3 Å². The summed E-state index contributed by atoms with van der Waals surface area (Å²) in [7, 11) is 0. The van der Waals surface area contributed by atoms with E-state index in [0.717, 1.165) is 5.69 Å². The number of amides is 2. The van der Waals surface area contributed by atoms with E-state index >= 15 is 0 Å². The Bertz CT molecular complexity index is 864. The Hall–Kier alpha value is -2.71. The summed E-state index contributed by atoms with van der Waals surface area (Å²) >= 11 is 2.83. The molecule has 3 aromatic rings. The molecule has 2 heterocycles. The van der Waals surface area contributed by atoms with Crippen LogP contribution < -0.4 is 15.4 Å². The Morgan fingerprint density at radius 3 is 2.81 bits per heavy atom. The Labute approximate surface area is 158 Å². The third kappa shape index (κ3) is 4.68. The Morgan fingerprint density at radius 1 is 1.23 bits per heavy atom. The fraction of sp³-hybridized carbons (Fsp3) is 0.167. The van der Waals surface area contributed by atoms with Crippen LogP contribution in [0.4, 0.5) is 5.69 Å². The Kier molecular flexibility index (Phi) is 5.98. The van der Waals surface area contributed by atoms with Gasteiger partial charge in [0.05, 0.1) is 21.8 Å². The number of nitrogens with one attached hydrogen (secondary N) is 2. The number of benzene rings is 1. The number of hydrogen-bond acceptors (Lipinski definition) is 6. The number of anilines is 1. The number of rotatable bonds is 7. The molecule has 134 valence electrons. The number of thiophene rings is 1. The lowest BCUT2D eigenvalue weighted by Gasteiger charge is -2.16. The maximum absolute atomic E-state index is 12.4. The first-order valence-corrected chi connectivity index (χ1v) is 9.70. The van der Waals surface area contributed by atoms with Crippen LogP contribution in [-0.4, -0.2) is 22.8 Å². The molecule has 1 aromatic carbocycles. The monoisotopic (exact) mass is 387 g/mol. The molecule has 1 unspecified atom stereocenters. The van der Waals surface area contributed by atoms with E-state index in [9.17, 15) is 9.59 Å². The second kappa shape index (κ2) is 8.59. The van der Waals surface area contributed by atoms with Gasteiger partial charge in [-0.3, -0.25) is 9.59 Å². The van der Waals surface area contributed by atoms with Gasteiger partial charge in [-0.05, 0) is 30.5 Å². The summed E-state index contributed by atoms with van der Waals surface area (Å²) in [4.78, 5) is 29.2. The molecular formula is C18H17N3O3S2. The van der Waals surface area contributed by atoms with Crippen molar-refractivity contribution in [2.45, 2.75) is 19.6 Å². The summed E-state index contributed by atoms with van der Waals surface area (Å²) in [6.45, 7) is 1.96. The third-order valence-corrected chi connectivity index (χ3v) is 4.99. The average molecular weight is 387 g/mol. The molecule has 2 N–H and O–H groups in total. The maximum Gasteiger partial charge on any atom is 0.261 e. The maximum atomic E-state index is 12.4. The van der Waals surface area contributed by atoms with Crippen molar-refractivity contribution in [2.24, 2.45) is 0 Å². The molecule has 0 radical (unpaired) electrons. The second-order valence-corrected chi connectivity index (χ2v) is 7.09. The molecule has 8 heteroatoms. The summed E-state index contributed by atoms with van der Waals surface area (Å²) in [6.07, 6.45) is 0. The Morgan fingerprint density at radius 2 is 2.08 bits per heavy atom. The van der Waals surface area contributed by atoms with E-state index in [0.29, 0.717) is 22.9 Å². The molecule has 0 aliphatic carbocycles. The number of ether oxygens (including phenoxy) is 1. The van der Waals surface area contributed by atoms with Crippen LogP contribution in [0.2, 0.25) is 0 Å². The van der Waals surface area contributed by atoms with E-state index in [4.69, 9.17) is 4.74 Å². The molecule has 26 heavy (non-hydrogen) atoms. The summed E-state index contributed by atoms with van der Waals surface area (Å²) < 4.78 is 5.75. The van der Waals surface area contributed by atoms with E-state index in [-0.39, 0.29) is 11.8 Å². The highest BCUT2D eigenvalue weighted by Gasteiger charge is 2.18. The molecule has 3 rings (SSSR count). The minimum atomic E-state index is -0.684. The van der Waals surface area contributed by atoms with E-state index in [1.807, 2.05) is 16.8 Å². The standard InChI is InChI=1S/C18H17N3O3S2/c1-12(20-18(23)16-7-4-8-26-16)17(22)21-14-5-2-3-6-15(14)24-9-13-10-25-11-19-13/h2-8,10-12H,9H2,1H3,(H,20,23)(H,21,22). The van der Waals surface area contributed by atoms with Gasteiger partial charge in [-0.25, -0.2) is 4.98 Å². The lowest BCUT2D eigenvalue weighted by molar-refractivity contribution is -0.117. The first-order valence-electron chi connectivity index (χ1n) is 7.87. The van der Waals surface area contributed by atoms with Crippen molar-refractivity contribution in [3.8, 4) is 5.75 Å². The van der Waals surface area contributed by atoms with Crippen molar-refractivity contribution in [1.29, 1.82) is 0 Å². The minimum Gasteiger partial charge on any atom is -0.485 e. The predicted molar refractivity (Wildman–Crippen MR) is 103 cm³/mol. The molecule has 6 nitrogen and oxygen atoms in total. The molecule has 2 amide bonds. The van der Waals surface area contributed by atoms with Gasteiger partial charge in [-0.2, -0.15) is 0 Å². The normalized spacial score (nSPS) is 11.6. The highest BCUT2D eigenvalue weighted by Crippen LogP contribution is 2.25. The average Bonchev–Trinajstić information content (AvgIpc) is 3.34. The van der Waals surface area contributed by atoms with Gasteiger partial charge in [0, 0.05) is 5.38 Å². The van der Waals surface area contributed by atoms with Gasteiger partial charge in [0.15, 0.2) is 0 Å². The van der Waals surface area contributed by atoms with Crippen molar-refractivity contribution < 1.29 is 14.3 Å². The topological polar surface area (TPSA) is 80.3 Å². The highest BCUT2D eigenvalue weighted by molar-refractivity contribution is 7.12. The van der Waals surface area contributed by atoms with Crippen LogP contribution in [-0.2, 0) is 11.4 Å². The zero-order chi connectivity index (χ0) is 18.4. The van der Waals surface area contributed by atoms with Crippen LogP contribution in [0.15, 0.2) is 52.7 Å². The van der Waals surface area contributed by atoms with Crippen molar-refractivity contribution >= 4 is 40.2 Å². The molecule has 0 bridgehead atoms. The zero-order valence-corrected chi connectivity index (χ0v) is 15.6. The van der Waals surface area contributed by atoms with Crippen molar-refractivity contribution in [2.75, 3.05) is 5.32 Å². The molecule has 0 saturated carbocycles.